The summed E-state index contributed by atoms with van der Waals surface area (Å²) in [5.41, 5.74) is 2.10. The Morgan fingerprint density at radius 2 is 1.89 bits per heavy atom. The molecule has 0 bridgehead atoms. The topological polar surface area (TPSA) is 60.3 Å². The first-order valence-electron chi connectivity index (χ1n) is 9.55. The van der Waals surface area contributed by atoms with E-state index in [0.29, 0.717) is 11.7 Å². The van der Waals surface area contributed by atoms with Crippen molar-refractivity contribution in [1.82, 2.24) is 10.3 Å². The van der Waals surface area contributed by atoms with Gasteiger partial charge in [-0.2, -0.15) is 0 Å². The summed E-state index contributed by atoms with van der Waals surface area (Å²) in [5, 5.41) is 4.12. The fourth-order valence-electron chi connectivity index (χ4n) is 3.36. The van der Waals surface area contributed by atoms with E-state index in [9.17, 15) is 0 Å². The van der Waals surface area contributed by atoms with Crippen LogP contribution in [0.2, 0.25) is 0 Å². The molecule has 0 unspecified atom stereocenters. The minimum Gasteiger partial charge on any atom is -0.454 e. The number of ether oxygens (including phenoxy) is 3. The Hall–Kier alpha value is -2.42. The number of pyridine rings is 1. The van der Waals surface area contributed by atoms with Crippen LogP contribution in [0.3, 0.4) is 0 Å². The molecule has 0 atom stereocenters. The van der Waals surface area contributed by atoms with Crippen LogP contribution in [0.15, 0.2) is 42.7 Å². The molecule has 1 saturated heterocycles. The third-order valence-corrected chi connectivity index (χ3v) is 5.32. The lowest BCUT2D eigenvalue weighted by Crippen LogP contribution is -3.14. The summed E-state index contributed by atoms with van der Waals surface area (Å²) in [6.07, 6.45) is 3.59. The van der Waals surface area contributed by atoms with Gasteiger partial charge < -0.3 is 29.3 Å². The van der Waals surface area contributed by atoms with Crippen LogP contribution >= 0.6 is 12.2 Å². The second-order valence-electron chi connectivity index (χ2n) is 6.82. The van der Waals surface area contributed by atoms with E-state index in [-0.39, 0.29) is 6.79 Å². The number of quaternary nitrogens is 1. The van der Waals surface area contributed by atoms with Crippen molar-refractivity contribution in [3.05, 3.63) is 48.3 Å². The van der Waals surface area contributed by atoms with Crippen molar-refractivity contribution < 1.29 is 19.1 Å². The molecule has 3 heterocycles. The predicted octanol–water partition coefficient (Wildman–Crippen LogP) is 0.607. The third kappa shape index (κ3) is 4.70. The third-order valence-electron chi connectivity index (χ3n) is 4.96. The van der Waals surface area contributed by atoms with Crippen LogP contribution in [-0.4, -0.2) is 56.3 Å². The van der Waals surface area contributed by atoms with Gasteiger partial charge in [-0.25, -0.2) is 0 Å². The van der Waals surface area contributed by atoms with Gasteiger partial charge in [0.15, 0.2) is 16.6 Å². The maximum atomic E-state index is 5.74. The Labute approximate surface area is 170 Å². The zero-order valence-electron chi connectivity index (χ0n) is 15.7. The summed E-state index contributed by atoms with van der Waals surface area (Å²) >= 11 is 5.74. The van der Waals surface area contributed by atoms with Crippen molar-refractivity contribution in [2.75, 3.05) is 51.1 Å². The predicted molar refractivity (Wildman–Crippen MR) is 110 cm³/mol. The molecule has 7 nitrogen and oxygen atoms in total. The van der Waals surface area contributed by atoms with E-state index in [1.54, 1.807) is 17.3 Å². The molecule has 8 heteroatoms. The molecular weight excluding hydrogens is 376 g/mol. The lowest BCUT2D eigenvalue weighted by Gasteiger charge is -2.28. The van der Waals surface area contributed by atoms with Gasteiger partial charge in [-0.1, -0.05) is 0 Å². The average molecular weight is 402 g/mol. The Morgan fingerprint density at radius 1 is 1.11 bits per heavy atom. The van der Waals surface area contributed by atoms with E-state index in [1.165, 1.54) is 0 Å². The van der Waals surface area contributed by atoms with Gasteiger partial charge in [0.25, 0.3) is 0 Å². The van der Waals surface area contributed by atoms with Gasteiger partial charge in [0.1, 0.15) is 13.1 Å². The van der Waals surface area contributed by atoms with E-state index in [4.69, 9.17) is 26.4 Å². The summed E-state index contributed by atoms with van der Waals surface area (Å²) in [6, 6.07) is 9.92. The van der Waals surface area contributed by atoms with Crippen LogP contribution < -0.4 is 24.6 Å². The van der Waals surface area contributed by atoms with Crippen LogP contribution in [0.25, 0.3) is 0 Å². The number of hydrogen-bond acceptors (Lipinski definition) is 5. The van der Waals surface area contributed by atoms with Gasteiger partial charge in [0.05, 0.1) is 32.8 Å². The van der Waals surface area contributed by atoms with E-state index in [1.807, 2.05) is 30.3 Å². The fourth-order valence-corrected chi connectivity index (χ4v) is 3.63. The summed E-state index contributed by atoms with van der Waals surface area (Å²) in [7, 11) is 0. The Balaban J connectivity index is 1.45. The highest BCUT2D eigenvalue weighted by Crippen LogP contribution is 2.35. The highest BCUT2D eigenvalue weighted by atomic mass is 32.1. The summed E-state index contributed by atoms with van der Waals surface area (Å²) < 4.78 is 16.4. The lowest BCUT2D eigenvalue weighted by molar-refractivity contribution is -0.906. The van der Waals surface area contributed by atoms with Crippen molar-refractivity contribution in [2.24, 2.45) is 0 Å². The van der Waals surface area contributed by atoms with Crippen molar-refractivity contribution >= 4 is 23.0 Å². The maximum absolute atomic E-state index is 5.74. The van der Waals surface area contributed by atoms with Crippen LogP contribution in [-0.2, 0) is 11.3 Å². The molecule has 0 radical (unpaired) electrons. The van der Waals surface area contributed by atoms with Gasteiger partial charge in [0.2, 0.25) is 6.79 Å². The highest BCUT2D eigenvalue weighted by Gasteiger charge is 2.19. The minimum absolute atomic E-state index is 0.258. The molecule has 2 aliphatic rings. The lowest BCUT2D eigenvalue weighted by atomic mass is 10.2. The second-order valence-corrected chi connectivity index (χ2v) is 7.21. The standard InChI is InChI=1S/C20H24N4O3S/c28-20(22-7-8-23-9-11-25-12-10-23)24(14-16-3-5-21-6-4-16)17-1-2-18-19(13-17)27-15-26-18/h1-6,13H,7-12,14-15H2,(H,22,28)/p+1. The largest absolute Gasteiger partial charge is 0.454 e. The number of aromatic nitrogens is 1. The molecule has 0 saturated carbocycles. The summed E-state index contributed by atoms with van der Waals surface area (Å²) in [4.78, 5) is 7.73. The number of thiocarbonyl (C=S) groups is 1. The molecule has 1 fully saturated rings. The van der Waals surface area contributed by atoms with Gasteiger partial charge in [0, 0.05) is 24.1 Å². The van der Waals surface area contributed by atoms with E-state index in [0.717, 1.165) is 62.1 Å². The summed E-state index contributed by atoms with van der Waals surface area (Å²) in [6.45, 7) is 6.54. The average Bonchev–Trinajstić information content (AvgIpc) is 3.21. The quantitative estimate of drug-likeness (QED) is 0.688. The molecule has 28 heavy (non-hydrogen) atoms. The van der Waals surface area contributed by atoms with Gasteiger partial charge in [-0.15, -0.1) is 0 Å². The van der Waals surface area contributed by atoms with Gasteiger partial charge in [-0.3, -0.25) is 4.98 Å². The van der Waals surface area contributed by atoms with E-state index >= 15 is 0 Å². The molecule has 2 aliphatic heterocycles. The fraction of sp³-hybridized carbons (Fsp3) is 0.400. The number of anilines is 1. The van der Waals surface area contributed by atoms with Crippen LogP contribution in [0, 0.1) is 0 Å². The number of hydrogen-bond donors (Lipinski definition) is 2. The van der Waals surface area contributed by atoms with E-state index < -0.39 is 0 Å². The Bertz CT molecular complexity index is 799. The SMILES string of the molecule is S=C(NCC[NH+]1CCOCC1)N(Cc1ccncc1)c1ccc2c(c1)OCO2. The molecule has 0 aliphatic carbocycles. The van der Waals surface area contributed by atoms with Crippen molar-refractivity contribution in [3.63, 3.8) is 0 Å². The number of benzene rings is 1. The first-order valence-corrected chi connectivity index (χ1v) is 9.95. The van der Waals surface area contributed by atoms with Gasteiger partial charge >= 0.3 is 0 Å². The van der Waals surface area contributed by atoms with Crippen LogP contribution in [0.4, 0.5) is 5.69 Å². The van der Waals surface area contributed by atoms with Crippen LogP contribution in [0.1, 0.15) is 5.56 Å². The molecule has 1 aromatic heterocycles. The molecule has 0 amide bonds. The molecule has 0 spiro atoms. The Morgan fingerprint density at radius 3 is 2.71 bits per heavy atom. The van der Waals surface area contributed by atoms with Crippen molar-refractivity contribution in [3.8, 4) is 11.5 Å². The number of fused-ring (bicyclic) bond motifs is 1. The van der Waals surface area contributed by atoms with Crippen molar-refractivity contribution in [2.45, 2.75) is 6.54 Å². The number of rotatable bonds is 6. The molecule has 148 valence electrons. The van der Waals surface area contributed by atoms with Crippen LogP contribution in [0.5, 0.6) is 11.5 Å². The zero-order chi connectivity index (χ0) is 19.2. The summed E-state index contributed by atoms with van der Waals surface area (Å²) in [5.74, 6) is 1.51. The molecule has 1 aromatic carbocycles. The first kappa shape index (κ1) is 18.9. The smallest absolute Gasteiger partial charge is 0.231 e. The zero-order valence-corrected chi connectivity index (χ0v) is 16.5. The highest BCUT2D eigenvalue weighted by molar-refractivity contribution is 7.80. The van der Waals surface area contributed by atoms with E-state index in [2.05, 4.69) is 15.2 Å². The van der Waals surface area contributed by atoms with Gasteiger partial charge in [-0.05, 0) is 42.0 Å². The molecule has 2 N–H and O–H groups in total. The normalized spacial score (nSPS) is 16.0. The molecular formula is C20H25N4O3S+. The number of nitrogens with one attached hydrogen (secondary N) is 2. The molecule has 4 rings (SSSR count). The Kier molecular flexibility index (Phi) is 6.20. The monoisotopic (exact) mass is 401 g/mol. The minimum atomic E-state index is 0.258. The second kappa shape index (κ2) is 9.18. The maximum Gasteiger partial charge on any atom is 0.231 e. The molecule has 2 aromatic rings. The first-order chi connectivity index (χ1) is 13.8. The van der Waals surface area contributed by atoms with Crippen molar-refractivity contribution in [1.29, 1.82) is 0 Å². The number of morpholine rings is 1. The number of nitrogens with zero attached hydrogens (tertiary/aromatic N) is 2.